The van der Waals surface area contributed by atoms with Crippen LogP contribution in [-0.2, 0) is 4.79 Å². The van der Waals surface area contributed by atoms with Crippen LogP contribution < -0.4 is 11.1 Å². The molecule has 1 saturated carbocycles. The van der Waals surface area contributed by atoms with Gasteiger partial charge in [0.2, 0.25) is 5.91 Å². The molecule has 2 atom stereocenters. The SMILES string of the molecule is CC(C)CNC(=O)CN(C)C1CCCC1CN. The minimum Gasteiger partial charge on any atom is -0.355 e. The summed E-state index contributed by atoms with van der Waals surface area (Å²) in [6.07, 6.45) is 3.62. The number of nitrogens with zero attached hydrogens (tertiary/aromatic N) is 1. The Morgan fingerprint density at radius 1 is 1.47 bits per heavy atom. The number of hydrogen-bond acceptors (Lipinski definition) is 3. The second-order valence-electron chi connectivity index (χ2n) is 5.61. The molecule has 0 aromatic carbocycles. The second-order valence-corrected chi connectivity index (χ2v) is 5.61. The molecule has 0 bridgehead atoms. The largest absolute Gasteiger partial charge is 0.355 e. The van der Waals surface area contributed by atoms with Crippen LogP contribution in [0.2, 0.25) is 0 Å². The second kappa shape index (κ2) is 6.97. The maximum absolute atomic E-state index is 11.7. The van der Waals surface area contributed by atoms with Crippen LogP contribution in [0.5, 0.6) is 0 Å². The van der Waals surface area contributed by atoms with Crippen molar-refractivity contribution in [3.05, 3.63) is 0 Å². The molecule has 0 saturated heterocycles. The zero-order valence-electron chi connectivity index (χ0n) is 11.4. The normalized spacial score (nSPS) is 24.6. The summed E-state index contributed by atoms with van der Waals surface area (Å²) < 4.78 is 0. The van der Waals surface area contributed by atoms with E-state index < -0.39 is 0 Å². The molecule has 4 heteroatoms. The molecule has 0 spiro atoms. The highest BCUT2D eigenvalue weighted by atomic mass is 16.2. The maximum Gasteiger partial charge on any atom is 0.234 e. The molecular weight excluding hydrogens is 214 g/mol. The van der Waals surface area contributed by atoms with Gasteiger partial charge < -0.3 is 11.1 Å². The van der Waals surface area contributed by atoms with Gasteiger partial charge in [-0.05, 0) is 38.3 Å². The molecule has 100 valence electrons. The minimum absolute atomic E-state index is 0.129. The van der Waals surface area contributed by atoms with Crippen LogP contribution in [0.25, 0.3) is 0 Å². The Kier molecular flexibility index (Phi) is 5.92. The van der Waals surface area contributed by atoms with Crippen LogP contribution in [-0.4, -0.2) is 43.5 Å². The number of carbonyl (C=O) groups is 1. The number of nitrogens with two attached hydrogens (primary N) is 1. The van der Waals surface area contributed by atoms with Crippen LogP contribution in [0.15, 0.2) is 0 Å². The van der Waals surface area contributed by atoms with E-state index in [1.807, 2.05) is 7.05 Å². The zero-order valence-corrected chi connectivity index (χ0v) is 11.4. The fraction of sp³-hybridized carbons (Fsp3) is 0.923. The van der Waals surface area contributed by atoms with Crippen LogP contribution in [0, 0.1) is 11.8 Å². The number of amides is 1. The summed E-state index contributed by atoms with van der Waals surface area (Å²) >= 11 is 0. The van der Waals surface area contributed by atoms with Gasteiger partial charge >= 0.3 is 0 Å². The van der Waals surface area contributed by atoms with Crippen molar-refractivity contribution in [3.8, 4) is 0 Å². The number of hydrogen-bond donors (Lipinski definition) is 2. The van der Waals surface area contributed by atoms with E-state index in [4.69, 9.17) is 5.73 Å². The monoisotopic (exact) mass is 241 g/mol. The van der Waals surface area contributed by atoms with Gasteiger partial charge in [-0.15, -0.1) is 0 Å². The highest BCUT2D eigenvalue weighted by molar-refractivity contribution is 5.78. The summed E-state index contributed by atoms with van der Waals surface area (Å²) in [5.74, 6) is 1.20. The van der Waals surface area contributed by atoms with E-state index in [0.29, 0.717) is 24.4 Å². The fourth-order valence-corrected chi connectivity index (χ4v) is 2.59. The van der Waals surface area contributed by atoms with E-state index in [2.05, 4.69) is 24.1 Å². The molecule has 0 radical (unpaired) electrons. The van der Waals surface area contributed by atoms with Crippen molar-refractivity contribution in [1.82, 2.24) is 10.2 Å². The highest BCUT2D eigenvalue weighted by Gasteiger charge is 2.29. The zero-order chi connectivity index (χ0) is 12.8. The molecule has 4 nitrogen and oxygen atoms in total. The van der Waals surface area contributed by atoms with Gasteiger partial charge in [0.15, 0.2) is 0 Å². The highest BCUT2D eigenvalue weighted by Crippen LogP contribution is 2.28. The Morgan fingerprint density at radius 3 is 2.76 bits per heavy atom. The lowest BCUT2D eigenvalue weighted by Gasteiger charge is -2.28. The molecular formula is C13H27N3O. The molecule has 1 rings (SSSR count). The molecule has 3 N–H and O–H groups in total. The lowest BCUT2D eigenvalue weighted by molar-refractivity contribution is -0.122. The third-order valence-electron chi connectivity index (χ3n) is 3.59. The van der Waals surface area contributed by atoms with Crippen LogP contribution in [0.3, 0.4) is 0 Å². The van der Waals surface area contributed by atoms with Crippen molar-refractivity contribution in [2.75, 3.05) is 26.7 Å². The number of nitrogens with one attached hydrogen (secondary N) is 1. The first-order valence-electron chi connectivity index (χ1n) is 6.71. The first-order chi connectivity index (χ1) is 8.04. The molecule has 1 fully saturated rings. The predicted octanol–water partition coefficient (Wildman–Crippen LogP) is 0.818. The Morgan fingerprint density at radius 2 is 2.18 bits per heavy atom. The van der Waals surface area contributed by atoms with E-state index in [1.165, 1.54) is 19.3 Å². The van der Waals surface area contributed by atoms with Crippen molar-refractivity contribution < 1.29 is 4.79 Å². The Hall–Kier alpha value is -0.610. The predicted molar refractivity (Wildman–Crippen MR) is 70.7 cm³/mol. The summed E-state index contributed by atoms with van der Waals surface area (Å²) in [5, 5.41) is 2.96. The van der Waals surface area contributed by atoms with Gasteiger partial charge in [-0.2, -0.15) is 0 Å². The third kappa shape index (κ3) is 4.64. The Bertz CT molecular complexity index is 243. The maximum atomic E-state index is 11.7. The first kappa shape index (κ1) is 14.5. The smallest absolute Gasteiger partial charge is 0.234 e. The van der Waals surface area contributed by atoms with Crippen molar-refractivity contribution in [2.24, 2.45) is 17.6 Å². The van der Waals surface area contributed by atoms with Crippen LogP contribution in [0.1, 0.15) is 33.1 Å². The van der Waals surface area contributed by atoms with E-state index in [1.54, 1.807) is 0 Å². The third-order valence-corrected chi connectivity index (χ3v) is 3.59. The van der Waals surface area contributed by atoms with Crippen LogP contribution >= 0.6 is 0 Å². The summed E-state index contributed by atoms with van der Waals surface area (Å²) in [6.45, 7) is 6.20. The lowest BCUT2D eigenvalue weighted by Crippen LogP contribution is -2.44. The van der Waals surface area contributed by atoms with E-state index in [0.717, 1.165) is 13.1 Å². The van der Waals surface area contributed by atoms with Crippen molar-refractivity contribution in [3.63, 3.8) is 0 Å². The van der Waals surface area contributed by atoms with E-state index >= 15 is 0 Å². The average molecular weight is 241 g/mol. The lowest BCUT2D eigenvalue weighted by atomic mass is 10.0. The van der Waals surface area contributed by atoms with Crippen molar-refractivity contribution in [1.29, 1.82) is 0 Å². The van der Waals surface area contributed by atoms with Gasteiger partial charge in [-0.1, -0.05) is 20.3 Å². The minimum atomic E-state index is 0.129. The van der Waals surface area contributed by atoms with Crippen molar-refractivity contribution in [2.45, 2.75) is 39.2 Å². The molecule has 2 unspecified atom stereocenters. The molecule has 1 aliphatic rings. The summed E-state index contributed by atoms with van der Waals surface area (Å²) in [6, 6.07) is 0.491. The first-order valence-corrected chi connectivity index (χ1v) is 6.71. The number of likely N-dealkylation sites (N-methyl/N-ethyl adjacent to an activating group) is 1. The Balaban J connectivity index is 2.32. The Labute approximate surface area is 105 Å². The summed E-state index contributed by atoms with van der Waals surface area (Å²) in [4.78, 5) is 13.9. The molecule has 0 aliphatic heterocycles. The van der Waals surface area contributed by atoms with E-state index in [9.17, 15) is 4.79 Å². The van der Waals surface area contributed by atoms with Gasteiger partial charge in [0.05, 0.1) is 6.54 Å². The summed E-state index contributed by atoms with van der Waals surface area (Å²) in [5.41, 5.74) is 5.76. The standard InChI is InChI=1S/C13H27N3O/c1-10(2)8-15-13(17)9-16(3)12-6-4-5-11(12)7-14/h10-12H,4-9,14H2,1-3H3,(H,15,17). The molecule has 1 amide bonds. The van der Waals surface area contributed by atoms with Gasteiger partial charge in [-0.3, -0.25) is 9.69 Å². The molecule has 0 aromatic heterocycles. The van der Waals surface area contributed by atoms with Crippen LogP contribution in [0.4, 0.5) is 0 Å². The topological polar surface area (TPSA) is 58.4 Å². The fourth-order valence-electron chi connectivity index (χ4n) is 2.59. The van der Waals surface area contributed by atoms with Gasteiger partial charge in [0.1, 0.15) is 0 Å². The van der Waals surface area contributed by atoms with E-state index in [-0.39, 0.29) is 5.91 Å². The van der Waals surface area contributed by atoms with Gasteiger partial charge in [0.25, 0.3) is 0 Å². The molecule has 1 aliphatic carbocycles. The van der Waals surface area contributed by atoms with Gasteiger partial charge in [0, 0.05) is 12.6 Å². The number of rotatable bonds is 6. The average Bonchev–Trinajstić information content (AvgIpc) is 2.74. The quantitative estimate of drug-likeness (QED) is 0.724. The summed E-state index contributed by atoms with van der Waals surface area (Å²) in [7, 11) is 2.04. The molecule has 0 aromatic rings. The molecule has 0 heterocycles. The van der Waals surface area contributed by atoms with Gasteiger partial charge in [-0.25, -0.2) is 0 Å². The number of carbonyl (C=O) groups excluding carboxylic acids is 1. The molecule has 17 heavy (non-hydrogen) atoms. The van der Waals surface area contributed by atoms with Crippen molar-refractivity contribution >= 4 is 5.91 Å².